The van der Waals surface area contributed by atoms with Crippen LogP contribution in [0, 0.1) is 0 Å². The predicted octanol–water partition coefficient (Wildman–Crippen LogP) is 0.674. The van der Waals surface area contributed by atoms with E-state index in [0.29, 0.717) is 12.1 Å². The fraction of sp³-hybridized carbons (Fsp3) is 0.750. The molecule has 1 heterocycles. The van der Waals surface area contributed by atoms with E-state index in [4.69, 9.17) is 0 Å². The second-order valence-electron chi connectivity index (χ2n) is 3.04. The molecule has 3 unspecified atom stereocenters. The van der Waals surface area contributed by atoms with Crippen molar-refractivity contribution in [3.63, 3.8) is 0 Å². The van der Waals surface area contributed by atoms with Crippen molar-refractivity contribution < 1.29 is 5.11 Å². The maximum absolute atomic E-state index is 9.29. The molecule has 2 nitrogen and oxygen atoms in total. The van der Waals surface area contributed by atoms with E-state index in [1.807, 2.05) is 6.08 Å². The predicted molar refractivity (Wildman–Crippen MR) is 41.8 cm³/mol. The molecule has 10 heavy (non-hydrogen) atoms. The molecule has 0 saturated carbocycles. The van der Waals surface area contributed by atoms with Crippen molar-refractivity contribution in [1.29, 1.82) is 0 Å². The molecule has 1 rings (SSSR count). The van der Waals surface area contributed by atoms with Gasteiger partial charge in [-0.2, -0.15) is 0 Å². The Morgan fingerprint density at radius 3 is 2.80 bits per heavy atom. The maximum atomic E-state index is 9.29. The van der Waals surface area contributed by atoms with Gasteiger partial charge in [0, 0.05) is 12.1 Å². The van der Waals surface area contributed by atoms with Gasteiger partial charge in [0.25, 0.3) is 0 Å². The summed E-state index contributed by atoms with van der Waals surface area (Å²) in [6.45, 7) is 5.76. The molecule has 1 aliphatic rings. The van der Waals surface area contributed by atoms with Crippen LogP contribution in [-0.4, -0.2) is 23.3 Å². The van der Waals surface area contributed by atoms with Crippen LogP contribution < -0.4 is 5.32 Å². The van der Waals surface area contributed by atoms with Crippen molar-refractivity contribution in [2.24, 2.45) is 0 Å². The van der Waals surface area contributed by atoms with E-state index in [2.05, 4.69) is 18.8 Å². The largest absolute Gasteiger partial charge is 0.393 e. The molecule has 0 aliphatic carbocycles. The number of hydrogen-bond donors (Lipinski definition) is 2. The standard InChI is InChI=1S/C8H15NO/c1-3-7-5-8(10)4-6(2)9-7/h3,6-10H,1,4-5H2,2H3. The first-order chi connectivity index (χ1) is 4.72. The van der Waals surface area contributed by atoms with Gasteiger partial charge in [-0.15, -0.1) is 6.58 Å². The van der Waals surface area contributed by atoms with Crippen molar-refractivity contribution in [2.45, 2.75) is 38.0 Å². The lowest BCUT2D eigenvalue weighted by Gasteiger charge is -2.30. The molecule has 0 spiro atoms. The Bertz CT molecular complexity index is 114. The Labute approximate surface area is 61.9 Å². The van der Waals surface area contributed by atoms with Crippen molar-refractivity contribution in [3.05, 3.63) is 12.7 Å². The van der Waals surface area contributed by atoms with E-state index in [-0.39, 0.29) is 6.10 Å². The fourth-order valence-corrected chi connectivity index (χ4v) is 1.46. The summed E-state index contributed by atoms with van der Waals surface area (Å²) in [4.78, 5) is 0. The summed E-state index contributed by atoms with van der Waals surface area (Å²) < 4.78 is 0. The van der Waals surface area contributed by atoms with Gasteiger partial charge in [-0.05, 0) is 19.8 Å². The van der Waals surface area contributed by atoms with Crippen LogP contribution in [0.5, 0.6) is 0 Å². The summed E-state index contributed by atoms with van der Waals surface area (Å²) in [7, 11) is 0. The molecule has 3 atom stereocenters. The van der Waals surface area contributed by atoms with Crippen LogP contribution in [0.15, 0.2) is 12.7 Å². The molecule has 0 aromatic carbocycles. The van der Waals surface area contributed by atoms with Crippen molar-refractivity contribution >= 4 is 0 Å². The van der Waals surface area contributed by atoms with Gasteiger partial charge in [0.15, 0.2) is 0 Å². The fourth-order valence-electron chi connectivity index (χ4n) is 1.46. The Morgan fingerprint density at radius 1 is 1.60 bits per heavy atom. The zero-order chi connectivity index (χ0) is 7.56. The molecular weight excluding hydrogens is 126 g/mol. The van der Waals surface area contributed by atoms with Crippen molar-refractivity contribution in [2.75, 3.05) is 0 Å². The van der Waals surface area contributed by atoms with E-state index in [9.17, 15) is 5.11 Å². The van der Waals surface area contributed by atoms with Crippen LogP contribution in [0.25, 0.3) is 0 Å². The SMILES string of the molecule is C=CC1CC(O)CC(C)N1. The van der Waals surface area contributed by atoms with Crippen LogP contribution in [0.3, 0.4) is 0 Å². The van der Waals surface area contributed by atoms with Gasteiger partial charge in [0.2, 0.25) is 0 Å². The Kier molecular flexibility index (Phi) is 2.46. The Morgan fingerprint density at radius 2 is 2.30 bits per heavy atom. The smallest absolute Gasteiger partial charge is 0.0572 e. The highest BCUT2D eigenvalue weighted by atomic mass is 16.3. The van der Waals surface area contributed by atoms with Crippen LogP contribution in [-0.2, 0) is 0 Å². The monoisotopic (exact) mass is 141 g/mol. The summed E-state index contributed by atoms with van der Waals surface area (Å²) in [5.41, 5.74) is 0. The second-order valence-corrected chi connectivity index (χ2v) is 3.04. The van der Waals surface area contributed by atoms with Crippen LogP contribution in [0.4, 0.5) is 0 Å². The van der Waals surface area contributed by atoms with Crippen LogP contribution in [0.1, 0.15) is 19.8 Å². The molecule has 0 aromatic heterocycles. The van der Waals surface area contributed by atoms with E-state index in [1.165, 1.54) is 0 Å². The van der Waals surface area contributed by atoms with Crippen LogP contribution in [0.2, 0.25) is 0 Å². The molecule has 0 bridgehead atoms. The molecule has 2 N–H and O–H groups in total. The minimum atomic E-state index is -0.140. The number of nitrogens with one attached hydrogen (secondary N) is 1. The van der Waals surface area contributed by atoms with Crippen molar-refractivity contribution in [1.82, 2.24) is 5.32 Å². The highest BCUT2D eigenvalue weighted by Gasteiger charge is 2.21. The van der Waals surface area contributed by atoms with Crippen molar-refractivity contribution in [3.8, 4) is 0 Å². The first-order valence-corrected chi connectivity index (χ1v) is 3.79. The molecule has 1 fully saturated rings. The molecule has 58 valence electrons. The number of hydrogen-bond acceptors (Lipinski definition) is 2. The molecule has 2 heteroatoms. The molecule has 0 radical (unpaired) electrons. The quantitative estimate of drug-likeness (QED) is 0.526. The normalized spacial score (nSPS) is 41.2. The van der Waals surface area contributed by atoms with Gasteiger partial charge in [-0.3, -0.25) is 0 Å². The lowest BCUT2D eigenvalue weighted by atomic mass is 9.97. The van der Waals surface area contributed by atoms with E-state index in [0.717, 1.165) is 12.8 Å². The van der Waals surface area contributed by atoms with E-state index >= 15 is 0 Å². The van der Waals surface area contributed by atoms with Gasteiger partial charge >= 0.3 is 0 Å². The number of aliphatic hydroxyl groups is 1. The zero-order valence-corrected chi connectivity index (χ0v) is 6.38. The van der Waals surface area contributed by atoms with Gasteiger partial charge in [0.05, 0.1) is 6.10 Å². The van der Waals surface area contributed by atoms with Gasteiger partial charge in [-0.25, -0.2) is 0 Å². The minimum Gasteiger partial charge on any atom is -0.393 e. The lowest BCUT2D eigenvalue weighted by molar-refractivity contribution is 0.107. The highest BCUT2D eigenvalue weighted by molar-refractivity contribution is 4.93. The highest BCUT2D eigenvalue weighted by Crippen LogP contribution is 2.13. The van der Waals surface area contributed by atoms with Gasteiger partial charge < -0.3 is 10.4 Å². The van der Waals surface area contributed by atoms with E-state index < -0.39 is 0 Å². The number of piperidine rings is 1. The second kappa shape index (κ2) is 3.17. The lowest BCUT2D eigenvalue weighted by Crippen LogP contribution is -2.44. The third-order valence-corrected chi connectivity index (χ3v) is 1.93. The molecule has 1 aliphatic heterocycles. The van der Waals surface area contributed by atoms with Gasteiger partial charge in [0.1, 0.15) is 0 Å². The number of rotatable bonds is 1. The topological polar surface area (TPSA) is 32.3 Å². The summed E-state index contributed by atoms with van der Waals surface area (Å²) >= 11 is 0. The summed E-state index contributed by atoms with van der Waals surface area (Å²) in [5, 5.41) is 12.6. The van der Waals surface area contributed by atoms with E-state index in [1.54, 1.807) is 0 Å². The molecular formula is C8H15NO. The third-order valence-electron chi connectivity index (χ3n) is 1.93. The number of aliphatic hydroxyl groups excluding tert-OH is 1. The first kappa shape index (κ1) is 7.76. The minimum absolute atomic E-state index is 0.140. The summed E-state index contributed by atoms with van der Waals surface area (Å²) in [6.07, 6.45) is 3.40. The maximum Gasteiger partial charge on any atom is 0.0572 e. The zero-order valence-electron chi connectivity index (χ0n) is 6.38. The third kappa shape index (κ3) is 1.82. The summed E-state index contributed by atoms with van der Waals surface area (Å²) in [5.74, 6) is 0. The Balaban J connectivity index is 2.42. The average molecular weight is 141 g/mol. The average Bonchev–Trinajstić information content (AvgIpc) is 1.85. The molecule has 0 aromatic rings. The molecule has 0 amide bonds. The summed E-state index contributed by atoms with van der Waals surface area (Å²) in [6, 6.07) is 0.727. The first-order valence-electron chi connectivity index (χ1n) is 3.79. The van der Waals surface area contributed by atoms with Gasteiger partial charge in [-0.1, -0.05) is 6.08 Å². The Hall–Kier alpha value is -0.340. The molecule has 1 saturated heterocycles. The van der Waals surface area contributed by atoms with Crippen LogP contribution >= 0.6 is 0 Å².